The SMILES string of the molecule is O=C(Nc1ccccc1C(=O)NN=C1CCC(c2ccccc2)CC1)c1ccc(Cl)c(Cl)c1. The second-order valence-corrected chi connectivity index (χ2v) is 8.75. The third kappa shape index (κ3) is 5.81. The summed E-state index contributed by atoms with van der Waals surface area (Å²) in [5, 5.41) is 7.78. The minimum Gasteiger partial charge on any atom is -0.321 e. The van der Waals surface area contributed by atoms with E-state index < -0.39 is 0 Å². The maximum Gasteiger partial charge on any atom is 0.273 e. The molecule has 1 aliphatic carbocycles. The van der Waals surface area contributed by atoms with Gasteiger partial charge in [-0.2, -0.15) is 5.10 Å². The van der Waals surface area contributed by atoms with Gasteiger partial charge in [0.15, 0.2) is 0 Å². The molecule has 2 amide bonds. The number of nitrogens with zero attached hydrogens (tertiary/aromatic N) is 1. The van der Waals surface area contributed by atoms with Crippen LogP contribution in [0.2, 0.25) is 10.0 Å². The Hall–Kier alpha value is -3.15. The summed E-state index contributed by atoms with van der Waals surface area (Å²) in [5.74, 6) is -0.241. The molecule has 2 N–H and O–H groups in total. The topological polar surface area (TPSA) is 70.6 Å². The van der Waals surface area contributed by atoms with E-state index >= 15 is 0 Å². The molecule has 0 unspecified atom stereocenters. The number of halogens is 2. The van der Waals surface area contributed by atoms with E-state index in [9.17, 15) is 9.59 Å². The third-order valence-electron chi connectivity index (χ3n) is 5.75. The number of rotatable bonds is 5. The van der Waals surface area contributed by atoms with Gasteiger partial charge < -0.3 is 5.32 Å². The van der Waals surface area contributed by atoms with Gasteiger partial charge in [-0.1, -0.05) is 65.7 Å². The first-order valence-corrected chi connectivity index (χ1v) is 11.5. The van der Waals surface area contributed by atoms with Gasteiger partial charge in [0.05, 0.1) is 21.3 Å². The molecule has 33 heavy (non-hydrogen) atoms. The minimum absolute atomic E-state index is 0.285. The van der Waals surface area contributed by atoms with Crippen LogP contribution in [0.1, 0.15) is 57.9 Å². The molecule has 7 heteroatoms. The highest BCUT2D eigenvalue weighted by molar-refractivity contribution is 6.42. The van der Waals surface area contributed by atoms with Crippen LogP contribution in [0.3, 0.4) is 0 Å². The number of para-hydroxylation sites is 1. The zero-order valence-electron chi connectivity index (χ0n) is 17.9. The molecule has 0 heterocycles. The molecule has 0 radical (unpaired) electrons. The molecule has 0 saturated heterocycles. The molecule has 1 fully saturated rings. The molecule has 0 spiro atoms. The molecule has 3 aromatic rings. The lowest BCUT2D eigenvalue weighted by atomic mass is 9.83. The maximum absolute atomic E-state index is 12.8. The van der Waals surface area contributed by atoms with E-state index in [1.807, 2.05) is 6.07 Å². The van der Waals surface area contributed by atoms with Crippen molar-refractivity contribution in [2.24, 2.45) is 5.10 Å². The number of carbonyl (C=O) groups excluding carboxylic acids is 2. The van der Waals surface area contributed by atoms with Gasteiger partial charge in [0, 0.05) is 11.3 Å². The number of benzene rings is 3. The Kier molecular flexibility index (Phi) is 7.43. The van der Waals surface area contributed by atoms with Crippen LogP contribution in [0.15, 0.2) is 77.9 Å². The minimum atomic E-state index is -0.389. The zero-order chi connectivity index (χ0) is 23.2. The Morgan fingerprint density at radius 3 is 2.24 bits per heavy atom. The summed E-state index contributed by atoms with van der Waals surface area (Å²) in [6.07, 6.45) is 3.70. The van der Waals surface area contributed by atoms with Crippen LogP contribution < -0.4 is 10.7 Å². The van der Waals surface area contributed by atoms with E-state index in [1.54, 1.807) is 36.4 Å². The van der Waals surface area contributed by atoms with Gasteiger partial charge in [-0.05, 0) is 67.5 Å². The second kappa shape index (κ2) is 10.6. The molecule has 0 atom stereocenters. The molecule has 0 bridgehead atoms. The average molecular weight is 480 g/mol. The van der Waals surface area contributed by atoms with Gasteiger partial charge in [-0.25, -0.2) is 5.43 Å². The fourth-order valence-corrected chi connectivity index (χ4v) is 4.23. The van der Waals surface area contributed by atoms with Crippen molar-refractivity contribution in [3.63, 3.8) is 0 Å². The first-order chi connectivity index (χ1) is 16.0. The quantitative estimate of drug-likeness (QED) is 0.400. The molecule has 4 rings (SSSR count). The Labute approximate surface area is 202 Å². The molecule has 0 aliphatic heterocycles. The molecule has 5 nitrogen and oxygen atoms in total. The van der Waals surface area contributed by atoms with E-state index in [-0.39, 0.29) is 16.8 Å². The van der Waals surface area contributed by atoms with Crippen molar-refractivity contribution < 1.29 is 9.59 Å². The number of amides is 2. The van der Waals surface area contributed by atoms with Crippen LogP contribution >= 0.6 is 23.2 Å². The van der Waals surface area contributed by atoms with Crippen LogP contribution in [-0.2, 0) is 0 Å². The molecular weight excluding hydrogens is 457 g/mol. The van der Waals surface area contributed by atoms with E-state index in [1.165, 1.54) is 11.6 Å². The summed E-state index contributed by atoms with van der Waals surface area (Å²) in [4.78, 5) is 25.4. The highest BCUT2D eigenvalue weighted by Gasteiger charge is 2.20. The normalized spacial score (nSPS) is 15.6. The molecule has 1 saturated carbocycles. The fourth-order valence-electron chi connectivity index (χ4n) is 3.93. The number of nitrogens with one attached hydrogen (secondary N) is 2. The van der Waals surface area contributed by atoms with Gasteiger partial charge in [-0.3, -0.25) is 9.59 Å². The van der Waals surface area contributed by atoms with Gasteiger partial charge in [0.25, 0.3) is 11.8 Å². The van der Waals surface area contributed by atoms with Crippen molar-refractivity contribution in [1.29, 1.82) is 0 Å². The van der Waals surface area contributed by atoms with E-state index in [4.69, 9.17) is 23.2 Å². The lowest BCUT2D eigenvalue weighted by Gasteiger charge is -2.23. The predicted octanol–water partition coefficient (Wildman–Crippen LogP) is 6.69. The molecular formula is C26H23Cl2N3O2. The summed E-state index contributed by atoms with van der Waals surface area (Å²) < 4.78 is 0. The molecule has 1 aliphatic rings. The average Bonchev–Trinajstić information content (AvgIpc) is 2.85. The monoisotopic (exact) mass is 479 g/mol. The second-order valence-electron chi connectivity index (χ2n) is 7.93. The maximum atomic E-state index is 12.8. The van der Waals surface area contributed by atoms with Crippen molar-refractivity contribution in [3.8, 4) is 0 Å². The molecule has 0 aromatic heterocycles. The van der Waals surface area contributed by atoms with Crippen molar-refractivity contribution in [2.75, 3.05) is 5.32 Å². The molecule has 168 valence electrons. The van der Waals surface area contributed by atoms with Crippen molar-refractivity contribution in [2.45, 2.75) is 31.6 Å². The Balaban J connectivity index is 1.39. The van der Waals surface area contributed by atoms with E-state index in [2.05, 4.69) is 40.1 Å². The van der Waals surface area contributed by atoms with Gasteiger partial charge in [-0.15, -0.1) is 0 Å². The van der Waals surface area contributed by atoms with Gasteiger partial charge >= 0.3 is 0 Å². The molecule has 3 aromatic carbocycles. The van der Waals surface area contributed by atoms with E-state index in [0.29, 0.717) is 27.8 Å². The van der Waals surface area contributed by atoms with Crippen LogP contribution in [0.4, 0.5) is 5.69 Å². The summed E-state index contributed by atoms with van der Waals surface area (Å²) in [6.45, 7) is 0. The van der Waals surface area contributed by atoms with Crippen LogP contribution in [0.25, 0.3) is 0 Å². The Morgan fingerprint density at radius 1 is 0.818 bits per heavy atom. The largest absolute Gasteiger partial charge is 0.321 e. The zero-order valence-corrected chi connectivity index (χ0v) is 19.4. The predicted molar refractivity (Wildman–Crippen MR) is 133 cm³/mol. The smallest absolute Gasteiger partial charge is 0.273 e. The van der Waals surface area contributed by atoms with Crippen LogP contribution in [-0.4, -0.2) is 17.5 Å². The van der Waals surface area contributed by atoms with E-state index in [0.717, 1.165) is 31.4 Å². The summed E-state index contributed by atoms with van der Waals surface area (Å²) >= 11 is 11.9. The summed E-state index contributed by atoms with van der Waals surface area (Å²) in [6, 6.07) is 21.9. The first-order valence-electron chi connectivity index (χ1n) is 10.8. The number of hydrogen-bond acceptors (Lipinski definition) is 3. The van der Waals surface area contributed by atoms with Crippen LogP contribution in [0.5, 0.6) is 0 Å². The number of carbonyl (C=O) groups is 2. The fraction of sp³-hybridized carbons (Fsp3) is 0.192. The number of hydrazone groups is 1. The number of anilines is 1. The van der Waals surface area contributed by atoms with Crippen molar-refractivity contribution in [3.05, 3.63) is 99.5 Å². The first kappa shape index (κ1) is 23.0. The van der Waals surface area contributed by atoms with Gasteiger partial charge in [0.1, 0.15) is 0 Å². The third-order valence-corrected chi connectivity index (χ3v) is 6.49. The van der Waals surface area contributed by atoms with Gasteiger partial charge in [0.2, 0.25) is 0 Å². The number of hydrogen-bond donors (Lipinski definition) is 2. The lowest BCUT2D eigenvalue weighted by Crippen LogP contribution is -2.23. The van der Waals surface area contributed by atoms with Crippen LogP contribution in [0, 0.1) is 0 Å². The van der Waals surface area contributed by atoms with Crippen molar-refractivity contribution >= 4 is 46.4 Å². The Bertz CT molecular complexity index is 1190. The van der Waals surface area contributed by atoms with Crippen molar-refractivity contribution in [1.82, 2.24) is 5.43 Å². The lowest BCUT2D eigenvalue weighted by molar-refractivity contribution is 0.0955. The highest BCUT2D eigenvalue weighted by atomic mass is 35.5. The summed E-state index contributed by atoms with van der Waals surface area (Å²) in [5.41, 5.74) is 6.04. The Morgan fingerprint density at radius 2 is 1.52 bits per heavy atom. The standard InChI is InChI=1S/C26H23Cl2N3O2/c27-22-15-12-19(16-23(22)28)25(32)29-24-9-5-4-8-21(24)26(33)31-30-20-13-10-18(11-14-20)17-6-2-1-3-7-17/h1-9,12,15-16,18H,10-11,13-14H2,(H,29,32)(H,31,33). The highest BCUT2D eigenvalue weighted by Crippen LogP contribution is 2.31. The summed E-state index contributed by atoms with van der Waals surface area (Å²) in [7, 11) is 0.